The summed E-state index contributed by atoms with van der Waals surface area (Å²) in [5, 5.41) is 9.07. The molecule has 2 rings (SSSR count). The first-order valence-corrected chi connectivity index (χ1v) is 6.94. The van der Waals surface area contributed by atoms with Crippen LogP contribution in [0.3, 0.4) is 0 Å². The summed E-state index contributed by atoms with van der Waals surface area (Å²) >= 11 is 5.75. The van der Waals surface area contributed by atoms with Crippen molar-refractivity contribution in [3.8, 4) is 0 Å². The van der Waals surface area contributed by atoms with Crippen molar-refractivity contribution < 1.29 is 14.1 Å². The zero-order valence-corrected chi connectivity index (χ0v) is 11.2. The quantitative estimate of drug-likeness (QED) is 0.935. The Morgan fingerprint density at radius 2 is 2.00 bits per heavy atom. The van der Waals surface area contributed by atoms with Crippen LogP contribution >= 0.6 is 11.6 Å². The molecule has 0 aliphatic heterocycles. The van der Waals surface area contributed by atoms with Gasteiger partial charge in [0.15, 0.2) is 0 Å². The fourth-order valence-corrected chi connectivity index (χ4v) is 2.63. The van der Waals surface area contributed by atoms with Crippen molar-refractivity contribution in [2.75, 3.05) is 0 Å². The van der Waals surface area contributed by atoms with Crippen molar-refractivity contribution in [1.29, 1.82) is 0 Å². The summed E-state index contributed by atoms with van der Waals surface area (Å²) in [6.45, 7) is 0. The van der Waals surface area contributed by atoms with Crippen LogP contribution in [0.15, 0.2) is 41.6 Å². The van der Waals surface area contributed by atoms with Gasteiger partial charge in [-0.2, -0.15) is 0 Å². The minimum Gasteiger partial charge on any atom is -0.478 e. The van der Waals surface area contributed by atoms with Gasteiger partial charge in [0.25, 0.3) is 0 Å². The number of carbonyl (C=O) groups is 1. The van der Waals surface area contributed by atoms with E-state index in [0.29, 0.717) is 10.7 Å². The molecular weight excluding hydrogens is 288 g/mol. The minimum atomic E-state index is -1.42. The number of aromatic nitrogens is 2. The molecule has 1 heterocycles. The number of nitrogens with zero attached hydrogens (tertiary/aromatic N) is 2. The Kier molecular flexibility index (Phi) is 4.24. The van der Waals surface area contributed by atoms with Gasteiger partial charge in [0.05, 0.1) is 27.1 Å². The van der Waals surface area contributed by atoms with Crippen molar-refractivity contribution in [3.63, 3.8) is 0 Å². The lowest BCUT2D eigenvalue weighted by Crippen LogP contribution is -2.03. The van der Waals surface area contributed by atoms with Gasteiger partial charge < -0.3 is 5.11 Å². The Bertz CT molecular complexity index is 634. The molecule has 0 fully saturated rings. The van der Waals surface area contributed by atoms with Gasteiger partial charge in [0.2, 0.25) is 0 Å². The second-order valence-electron chi connectivity index (χ2n) is 3.60. The average molecular weight is 297 g/mol. The third-order valence-electron chi connectivity index (χ3n) is 2.31. The van der Waals surface area contributed by atoms with Crippen LogP contribution in [-0.2, 0) is 16.6 Å². The maximum atomic E-state index is 12.1. The molecular formula is C12H9ClN2O3S. The van der Waals surface area contributed by atoms with Gasteiger partial charge in [-0.1, -0.05) is 11.6 Å². The predicted octanol–water partition coefficient (Wildman–Crippen LogP) is 2.14. The average Bonchev–Trinajstić information content (AvgIpc) is 2.40. The lowest BCUT2D eigenvalue weighted by Gasteiger charge is -2.04. The van der Waals surface area contributed by atoms with E-state index < -0.39 is 16.8 Å². The van der Waals surface area contributed by atoms with Crippen molar-refractivity contribution in [1.82, 2.24) is 9.97 Å². The Balaban J connectivity index is 2.25. The van der Waals surface area contributed by atoms with Crippen molar-refractivity contribution in [2.45, 2.75) is 10.6 Å². The van der Waals surface area contributed by atoms with E-state index in [0.717, 1.165) is 0 Å². The molecule has 2 aromatic rings. The van der Waals surface area contributed by atoms with Gasteiger partial charge in [-0.15, -0.1) is 0 Å². The molecule has 0 saturated heterocycles. The van der Waals surface area contributed by atoms with Crippen LogP contribution in [0.25, 0.3) is 0 Å². The summed E-state index contributed by atoms with van der Waals surface area (Å²) < 4.78 is 12.1. The van der Waals surface area contributed by atoms with Crippen LogP contribution in [0.4, 0.5) is 0 Å². The fourth-order valence-electron chi connectivity index (χ4n) is 1.41. The molecule has 0 bridgehead atoms. The van der Waals surface area contributed by atoms with Crippen LogP contribution in [0.1, 0.15) is 16.2 Å². The first kappa shape index (κ1) is 13.6. The molecule has 0 amide bonds. The van der Waals surface area contributed by atoms with E-state index in [9.17, 15) is 9.00 Å². The van der Waals surface area contributed by atoms with Crippen LogP contribution in [0, 0.1) is 0 Å². The third kappa shape index (κ3) is 3.36. The molecule has 0 radical (unpaired) electrons. The van der Waals surface area contributed by atoms with Crippen molar-refractivity contribution in [3.05, 3.63) is 53.1 Å². The van der Waals surface area contributed by atoms with E-state index in [-0.39, 0.29) is 16.3 Å². The van der Waals surface area contributed by atoms with Crippen LogP contribution in [0.2, 0.25) is 5.02 Å². The van der Waals surface area contributed by atoms with Gasteiger partial charge in [0, 0.05) is 17.3 Å². The third-order valence-corrected chi connectivity index (χ3v) is 3.94. The SMILES string of the molecule is O=C(O)c1cc(S(=O)Cc2ncccn2)ccc1Cl. The lowest BCUT2D eigenvalue weighted by atomic mass is 10.2. The van der Waals surface area contributed by atoms with Crippen LogP contribution in [0.5, 0.6) is 0 Å². The molecule has 19 heavy (non-hydrogen) atoms. The van der Waals surface area contributed by atoms with E-state index in [2.05, 4.69) is 9.97 Å². The lowest BCUT2D eigenvalue weighted by molar-refractivity contribution is 0.0697. The summed E-state index contributed by atoms with van der Waals surface area (Å²) in [4.78, 5) is 19.3. The summed E-state index contributed by atoms with van der Waals surface area (Å²) in [5.74, 6) is -0.589. The van der Waals surface area contributed by atoms with Crippen LogP contribution in [-0.4, -0.2) is 25.3 Å². The molecule has 98 valence electrons. The molecule has 0 aliphatic rings. The van der Waals surface area contributed by atoms with Gasteiger partial charge in [-0.25, -0.2) is 14.8 Å². The largest absolute Gasteiger partial charge is 0.478 e. The van der Waals surface area contributed by atoms with Gasteiger partial charge in [0.1, 0.15) is 5.82 Å². The molecule has 1 unspecified atom stereocenters. The fraction of sp³-hybridized carbons (Fsp3) is 0.0833. The second-order valence-corrected chi connectivity index (χ2v) is 5.46. The monoisotopic (exact) mass is 296 g/mol. The molecule has 1 atom stereocenters. The molecule has 0 spiro atoms. The molecule has 1 aromatic heterocycles. The Labute approximate surface area is 116 Å². The van der Waals surface area contributed by atoms with E-state index in [4.69, 9.17) is 16.7 Å². The standard InChI is InChI=1S/C12H9ClN2O3S/c13-10-3-2-8(6-9(10)12(16)17)19(18)7-11-14-4-1-5-15-11/h1-6H,7H2,(H,16,17). The summed E-state index contributed by atoms with van der Waals surface area (Å²) in [7, 11) is -1.42. The highest BCUT2D eigenvalue weighted by molar-refractivity contribution is 7.84. The number of carboxylic acids is 1. The Morgan fingerprint density at radius 1 is 1.32 bits per heavy atom. The highest BCUT2D eigenvalue weighted by atomic mass is 35.5. The van der Waals surface area contributed by atoms with Crippen molar-refractivity contribution in [2.24, 2.45) is 0 Å². The maximum absolute atomic E-state index is 12.1. The smallest absolute Gasteiger partial charge is 0.337 e. The van der Waals surface area contributed by atoms with Gasteiger partial charge >= 0.3 is 5.97 Å². The maximum Gasteiger partial charge on any atom is 0.337 e. The molecule has 7 heteroatoms. The molecule has 1 N–H and O–H groups in total. The Hall–Kier alpha value is -1.79. The highest BCUT2D eigenvalue weighted by Gasteiger charge is 2.13. The minimum absolute atomic E-state index is 0.0681. The predicted molar refractivity (Wildman–Crippen MR) is 70.6 cm³/mol. The van der Waals surface area contributed by atoms with E-state index in [1.54, 1.807) is 18.5 Å². The highest BCUT2D eigenvalue weighted by Crippen LogP contribution is 2.20. The summed E-state index contributed by atoms with van der Waals surface area (Å²) in [6, 6.07) is 5.93. The summed E-state index contributed by atoms with van der Waals surface area (Å²) in [5.41, 5.74) is -0.0681. The number of hydrogen-bond acceptors (Lipinski definition) is 4. The number of aromatic carboxylic acids is 1. The summed E-state index contributed by atoms with van der Waals surface area (Å²) in [6.07, 6.45) is 3.12. The number of benzene rings is 1. The normalized spacial score (nSPS) is 12.1. The molecule has 1 aromatic carbocycles. The first-order valence-electron chi connectivity index (χ1n) is 5.25. The van der Waals surface area contributed by atoms with E-state index in [1.165, 1.54) is 18.2 Å². The topological polar surface area (TPSA) is 80.1 Å². The van der Waals surface area contributed by atoms with Gasteiger partial charge in [-0.3, -0.25) is 4.21 Å². The number of carboxylic acid groups (broad SMARTS) is 1. The van der Waals surface area contributed by atoms with Crippen LogP contribution < -0.4 is 0 Å². The van der Waals surface area contributed by atoms with E-state index >= 15 is 0 Å². The molecule has 0 aliphatic carbocycles. The molecule has 5 nitrogen and oxygen atoms in total. The van der Waals surface area contributed by atoms with E-state index in [1.807, 2.05) is 0 Å². The Morgan fingerprint density at radius 3 is 2.63 bits per heavy atom. The zero-order valence-electron chi connectivity index (χ0n) is 9.62. The number of halogens is 1. The first-order chi connectivity index (χ1) is 9.08. The molecule has 0 saturated carbocycles. The van der Waals surface area contributed by atoms with Crippen molar-refractivity contribution >= 4 is 28.4 Å². The second kappa shape index (κ2) is 5.90. The zero-order chi connectivity index (χ0) is 13.8. The number of rotatable bonds is 4. The van der Waals surface area contributed by atoms with Gasteiger partial charge in [-0.05, 0) is 24.3 Å². The number of hydrogen-bond donors (Lipinski definition) is 1.